The molecule has 0 saturated carbocycles. The maximum atomic E-state index is 13.2. The lowest BCUT2D eigenvalue weighted by Crippen LogP contribution is -2.44. The fourth-order valence-electron chi connectivity index (χ4n) is 3.87. The van der Waals surface area contributed by atoms with Gasteiger partial charge in [-0.25, -0.2) is 4.98 Å². The van der Waals surface area contributed by atoms with Crippen LogP contribution in [-0.4, -0.2) is 34.8 Å². The van der Waals surface area contributed by atoms with Crippen LogP contribution in [0.1, 0.15) is 36.7 Å². The summed E-state index contributed by atoms with van der Waals surface area (Å²) in [6.07, 6.45) is 5.22. The van der Waals surface area contributed by atoms with Gasteiger partial charge in [-0.15, -0.1) is 11.3 Å². The number of carbonyl (C=O) groups excluding carboxylic acids is 2. The van der Waals surface area contributed by atoms with Gasteiger partial charge < -0.3 is 9.80 Å². The Morgan fingerprint density at radius 2 is 2.00 bits per heavy atom. The largest absolute Gasteiger partial charge is 0.333 e. The number of hydrogen-bond acceptors (Lipinski definition) is 4. The number of aromatic nitrogens is 1. The van der Waals surface area contributed by atoms with Gasteiger partial charge in [0.15, 0.2) is 0 Å². The Labute approximate surface area is 171 Å². The van der Waals surface area contributed by atoms with Gasteiger partial charge in [0.1, 0.15) is 10.9 Å². The van der Waals surface area contributed by atoms with Crippen molar-refractivity contribution in [3.63, 3.8) is 0 Å². The van der Waals surface area contributed by atoms with Gasteiger partial charge in [-0.05, 0) is 43.9 Å². The molecular weight excluding hydrogens is 405 g/mol. The van der Waals surface area contributed by atoms with Crippen molar-refractivity contribution in [1.82, 2.24) is 9.88 Å². The molecule has 2 aliphatic heterocycles. The van der Waals surface area contributed by atoms with Crippen LogP contribution in [0, 0.1) is 5.92 Å². The van der Waals surface area contributed by atoms with Gasteiger partial charge in [0.2, 0.25) is 11.8 Å². The normalized spacial score (nSPS) is 23.1. The summed E-state index contributed by atoms with van der Waals surface area (Å²) in [6, 6.07) is 5.09. The first kappa shape index (κ1) is 18.7. The van der Waals surface area contributed by atoms with Crippen molar-refractivity contribution in [1.29, 1.82) is 0 Å². The van der Waals surface area contributed by atoms with E-state index in [2.05, 4.69) is 4.98 Å². The zero-order chi connectivity index (χ0) is 19.0. The second-order valence-electron chi connectivity index (χ2n) is 6.84. The molecule has 0 aliphatic carbocycles. The van der Waals surface area contributed by atoms with Crippen LogP contribution < -0.4 is 4.90 Å². The van der Waals surface area contributed by atoms with Gasteiger partial charge in [0, 0.05) is 30.4 Å². The molecule has 0 N–H and O–H groups in total. The molecule has 2 aliphatic rings. The molecular formula is C19H19Cl2N3O2S. The average molecular weight is 424 g/mol. The molecule has 3 heterocycles. The highest BCUT2D eigenvalue weighted by Crippen LogP contribution is 2.36. The average Bonchev–Trinajstić information content (AvgIpc) is 3.33. The van der Waals surface area contributed by atoms with Gasteiger partial charge in [-0.2, -0.15) is 0 Å². The number of halogens is 2. The number of anilines is 1. The number of nitrogens with zero attached hydrogens (tertiary/aromatic N) is 3. The third-order valence-electron chi connectivity index (χ3n) is 5.24. The number of benzene rings is 1. The number of likely N-dealkylation sites (tertiary alicyclic amines) is 1. The molecule has 142 valence electrons. The fraction of sp³-hybridized carbons (Fsp3) is 0.421. The summed E-state index contributed by atoms with van der Waals surface area (Å²) in [5.74, 6) is -0.885. The van der Waals surface area contributed by atoms with Gasteiger partial charge in [0.05, 0.1) is 16.1 Å². The third kappa shape index (κ3) is 3.58. The van der Waals surface area contributed by atoms with E-state index in [1.54, 1.807) is 40.6 Å². The second-order valence-corrected chi connectivity index (χ2v) is 8.58. The van der Waals surface area contributed by atoms with E-state index in [1.807, 2.05) is 10.3 Å². The lowest BCUT2D eigenvalue weighted by atomic mass is 9.98. The summed E-state index contributed by atoms with van der Waals surface area (Å²) in [5.41, 5.74) is 0.680. The van der Waals surface area contributed by atoms with Crippen LogP contribution in [0.3, 0.4) is 0 Å². The van der Waals surface area contributed by atoms with Crippen LogP contribution in [0.25, 0.3) is 0 Å². The SMILES string of the molecule is O=C1C(C(=O)N2CCCCC2c2nccs2)CCN1c1ccc(Cl)c(Cl)c1. The standard InChI is InChI=1S/C19H19Cl2N3O2S/c20-14-5-4-12(11-15(14)21)23-9-6-13(18(23)25)19(26)24-8-2-1-3-16(24)17-22-7-10-27-17/h4-5,7,10-11,13,16H,1-3,6,8-9H2. The molecule has 2 fully saturated rings. The van der Waals surface area contributed by atoms with Crippen molar-refractivity contribution >= 4 is 52.0 Å². The molecule has 1 aromatic heterocycles. The minimum Gasteiger partial charge on any atom is -0.333 e. The Balaban J connectivity index is 1.53. The molecule has 0 radical (unpaired) electrons. The van der Waals surface area contributed by atoms with Crippen LogP contribution in [-0.2, 0) is 9.59 Å². The van der Waals surface area contributed by atoms with E-state index in [-0.39, 0.29) is 17.9 Å². The Morgan fingerprint density at radius 1 is 1.15 bits per heavy atom. The lowest BCUT2D eigenvalue weighted by Gasteiger charge is -2.35. The van der Waals surface area contributed by atoms with E-state index < -0.39 is 5.92 Å². The predicted molar refractivity (Wildman–Crippen MR) is 107 cm³/mol. The van der Waals surface area contributed by atoms with E-state index in [0.717, 1.165) is 24.3 Å². The van der Waals surface area contributed by atoms with E-state index in [4.69, 9.17) is 23.2 Å². The monoisotopic (exact) mass is 423 g/mol. The second kappa shape index (κ2) is 7.78. The Bertz CT molecular complexity index is 859. The molecule has 2 unspecified atom stereocenters. The zero-order valence-corrected chi connectivity index (χ0v) is 16.9. The Morgan fingerprint density at radius 3 is 2.74 bits per heavy atom. The van der Waals surface area contributed by atoms with Gasteiger partial charge in [0.25, 0.3) is 0 Å². The topological polar surface area (TPSA) is 53.5 Å². The van der Waals surface area contributed by atoms with Gasteiger partial charge in [-0.1, -0.05) is 23.2 Å². The summed E-state index contributed by atoms with van der Waals surface area (Å²) >= 11 is 13.6. The van der Waals surface area contributed by atoms with Crippen LogP contribution in [0.5, 0.6) is 0 Å². The van der Waals surface area contributed by atoms with Crippen LogP contribution in [0.15, 0.2) is 29.8 Å². The molecule has 0 spiro atoms. The maximum absolute atomic E-state index is 13.2. The van der Waals surface area contributed by atoms with Crippen LogP contribution in [0.2, 0.25) is 10.0 Å². The molecule has 1 aromatic carbocycles. The number of rotatable bonds is 3. The summed E-state index contributed by atoms with van der Waals surface area (Å²) in [7, 11) is 0. The van der Waals surface area contributed by atoms with Crippen LogP contribution in [0.4, 0.5) is 5.69 Å². The van der Waals surface area contributed by atoms with Gasteiger partial charge >= 0.3 is 0 Å². The first-order chi connectivity index (χ1) is 13.1. The molecule has 0 bridgehead atoms. The van der Waals surface area contributed by atoms with E-state index in [9.17, 15) is 9.59 Å². The molecule has 27 heavy (non-hydrogen) atoms. The highest BCUT2D eigenvalue weighted by atomic mass is 35.5. The summed E-state index contributed by atoms with van der Waals surface area (Å²) in [4.78, 5) is 34.1. The molecule has 5 nitrogen and oxygen atoms in total. The lowest BCUT2D eigenvalue weighted by molar-refractivity contribution is -0.143. The number of carbonyl (C=O) groups is 2. The van der Waals surface area contributed by atoms with Crippen molar-refractivity contribution < 1.29 is 9.59 Å². The highest BCUT2D eigenvalue weighted by molar-refractivity contribution is 7.09. The molecule has 8 heteroatoms. The van der Waals surface area contributed by atoms with Crippen molar-refractivity contribution in [2.75, 3.05) is 18.0 Å². The number of amides is 2. The third-order valence-corrected chi connectivity index (χ3v) is 6.86. The minimum absolute atomic E-state index is 0.0157. The molecule has 2 aromatic rings. The van der Waals surface area contributed by atoms with E-state index in [0.29, 0.717) is 35.2 Å². The van der Waals surface area contributed by atoms with E-state index >= 15 is 0 Å². The van der Waals surface area contributed by atoms with Crippen molar-refractivity contribution in [2.45, 2.75) is 31.7 Å². The number of piperidine rings is 1. The maximum Gasteiger partial charge on any atom is 0.239 e. The fourth-order valence-corrected chi connectivity index (χ4v) is 4.95. The highest BCUT2D eigenvalue weighted by Gasteiger charge is 2.42. The summed E-state index contributed by atoms with van der Waals surface area (Å²) in [5, 5.41) is 3.73. The quantitative estimate of drug-likeness (QED) is 0.679. The number of thiazole rings is 1. The smallest absolute Gasteiger partial charge is 0.239 e. The van der Waals surface area contributed by atoms with Crippen molar-refractivity contribution in [3.8, 4) is 0 Å². The predicted octanol–water partition coefficient (Wildman–Crippen LogP) is 4.56. The minimum atomic E-state index is -0.639. The zero-order valence-electron chi connectivity index (χ0n) is 14.6. The molecule has 2 amide bonds. The summed E-state index contributed by atoms with van der Waals surface area (Å²) < 4.78 is 0. The first-order valence-electron chi connectivity index (χ1n) is 9.02. The van der Waals surface area contributed by atoms with E-state index in [1.165, 1.54) is 0 Å². The van der Waals surface area contributed by atoms with Crippen LogP contribution >= 0.6 is 34.5 Å². The van der Waals surface area contributed by atoms with Gasteiger partial charge in [-0.3, -0.25) is 9.59 Å². The Kier molecular flexibility index (Phi) is 5.39. The molecule has 2 saturated heterocycles. The molecule has 2 atom stereocenters. The Hall–Kier alpha value is -1.63. The summed E-state index contributed by atoms with van der Waals surface area (Å²) in [6.45, 7) is 1.18. The first-order valence-corrected chi connectivity index (χ1v) is 10.7. The molecule has 4 rings (SSSR count). The van der Waals surface area contributed by atoms with Crippen molar-refractivity contribution in [2.24, 2.45) is 5.92 Å². The van der Waals surface area contributed by atoms with Crippen molar-refractivity contribution in [3.05, 3.63) is 44.8 Å². The number of hydrogen-bond donors (Lipinski definition) is 0.